The van der Waals surface area contributed by atoms with Gasteiger partial charge in [0.05, 0.1) is 11.1 Å². The molecule has 0 aliphatic rings. The molecule has 3 aromatic carbocycles. The number of para-hydroxylation sites is 1. The molecule has 0 aliphatic heterocycles. The van der Waals surface area contributed by atoms with Gasteiger partial charge in [0.15, 0.2) is 0 Å². The third-order valence-electron chi connectivity index (χ3n) is 6.91. The fourth-order valence-electron chi connectivity index (χ4n) is 4.74. The minimum atomic E-state index is -5.13. The van der Waals surface area contributed by atoms with Gasteiger partial charge >= 0.3 is 12.4 Å². The lowest BCUT2D eigenvalue weighted by molar-refractivity contribution is -0.143. The molecule has 43 heavy (non-hydrogen) atoms. The monoisotopic (exact) mass is 607 g/mol. The first-order valence-electron chi connectivity index (χ1n) is 13.4. The molecule has 0 atom stereocenters. The molecule has 4 aromatic rings. The minimum Gasteiger partial charge on any atom is -0.361 e. The van der Waals surface area contributed by atoms with Crippen LogP contribution in [0.5, 0.6) is 0 Å². The Morgan fingerprint density at radius 3 is 2.05 bits per heavy atom. The molecule has 0 unspecified atom stereocenters. The fraction of sp³-hybridized carbons (Fsp3) is 0.290. The first-order valence-corrected chi connectivity index (χ1v) is 13.4. The van der Waals surface area contributed by atoms with Crippen LogP contribution in [0.1, 0.15) is 46.0 Å². The summed E-state index contributed by atoms with van der Waals surface area (Å²) in [7, 11) is 0. The lowest BCUT2D eigenvalue weighted by Crippen LogP contribution is -2.43. The van der Waals surface area contributed by atoms with E-state index in [9.17, 15) is 40.3 Å². The number of rotatable bonds is 10. The van der Waals surface area contributed by atoms with Crippen LogP contribution < -0.4 is 0 Å². The number of benzene rings is 3. The maximum atomic E-state index is 13.6. The SMILES string of the molecule is CCCN(CC(=O)N(CCc1c[nH]c2ccccc12)Cc1ccc(F)cc1)C(=O)c1cc(C(F)(F)F)cc(C(F)(F)F)c1. The van der Waals surface area contributed by atoms with Crippen molar-refractivity contribution in [3.05, 3.63) is 107 Å². The molecule has 0 saturated carbocycles. The number of nitrogens with one attached hydrogen (secondary N) is 1. The maximum Gasteiger partial charge on any atom is 0.416 e. The third kappa shape index (κ3) is 7.94. The second-order valence-electron chi connectivity index (χ2n) is 10.1. The summed E-state index contributed by atoms with van der Waals surface area (Å²) >= 11 is 0. The molecule has 12 heteroatoms. The summed E-state index contributed by atoms with van der Waals surface area (Å²) in [5, 5.41) is 0.949. The first-order chi connectivity index (χ1) is 20.3. The number of amides is 2. The Hall–Kier alpha value is -4.35. The Morgan fingerprint density at radius 2 is 1.44 bits per heavy atom. The molecule has 0 fully saturated rings. The molecular weight excluding hydrogens is 579 g/mol. The topological polar surface area (TPSA) is 56.4 Å². The van der Waals surface area contributed by atoms with E-state index in [0.717, 1.165) is 21.4 Å². The molecule has 2 amide bonds. The van der Waals surface area contributed by atoms with E-state index in [2.05, 4.69) is 4.98 Å². The van der Waals surface area contributed by atoms with Crippen molar-refractivity contribution < 1.29 is 40.3 Å². The van der Waals surface area contributed by atoms with Crippen molar-refractivity contribution in [3.63, 3.8) is 0 Å². The van der Waals surface area contributed by atoms with Crippen LogP contribution >= 0.6 is 0 Å². The minimum absolute atomic E-state index is 0.0391. The summed E-state index contributed by atoms with van der Waals surface area (Å²) in [4.78, 5) is 32.4. The van der Waals surface area contributed by atoms with Gasteiger partial charge in [-0.2, -0.15) is 26.3 Å². The van der Waals surface area contributed by atoms with Gasteiger partial charge in [-0.05, 0) is 60.4 Å². The fourth-order valence-corrected chi connectivity index (χ4v) is 4.74. The largest absolute Gasteiger partial charge is 0.416 e. The molecule has 5 nitrogen and oxygen atoms in total. The molecule has 4 rings (SSSR count). The standard InChI is InChI=1S/C31H28F7N3O2/c1-2-12-41(29(43)22-14-23(30(33,34)35)16-24(15-22)31(36,37)38)19-28(42)40(18-20-7-9-25(32)10-8-20)13-11-21-17-39-27-6-4-3-5-26(21)27/h3-10,14-17,39H,2,11-13,18-19H2,1H3. The highest BCUT2D eigenvalue weighted by atomic mass is 19.4. The summed E-state index contributed by atoms with van der Waals surface area (Å²) in [5.74, 6) is -2.18. The number of hydrogen-bond donors (Lipinski definition) is 1. The van der Waals surface area contributed by atoms with Crippen molar-refractivity contribution in [2.75, 3.05) is 19.6 Å². The third-order valence-corrected chi connectivity index (χ3v) is 6.91. The van der Waals surface area contributed by atoms with E-state index < -0.39 is 53.2 Å². The number of alkyl halides is 6. The second-order valence-corrected chi connectivity index (χ2v) is 10.1. The van der Waals surface area contributed by atoms with Gasteiger partial charge in [-0.3, -0.25) is 9.59 Å². The zero-order valence-corrected chi connectivity index (χ0v) is 23.0. The highest BCUT2D eigenvalue weighted by Gasteiger charge is 2.38. The predicted molar refractivity (Wildman–Crippen MR) is 146 cm³/mol. The molecule has 1 N–H and O–H groups in total. The Balaban J connectivity index is 1.61. The van der Waals surface area contributed by atoms with Gasteiger partial charge in [0.2, 0.25) is 5.91 Å². The van der Waals surface area contributed by atoms with Gasteiger partial charge in [-0.1, -0.05) is 37.3 Å². The highest BCUT2D eigenvalue weighted by Crippen LogP contribution is 2.36. The Labute approximate surface area is 242 Å². The van der Waals surface area contributed by atoms with Gasteiger partial charge in [0, 0.05) is 42.3 Å². The first kappa shape index (κ1) is 31.6. The lowest BCUT2D eigenvalue weighted by atomic mass is 10.0. The number of halogens is 7. The number of carbonyl (C=O) groups excluding carboxylic acids is 2. The van der Waals surface area contributed by atoms with Crippen molar-refractivity contribution in [2.24, 2.45) is 0 Å². The van der Waals surface area contributed by atoms with Gasteiger partial charge in [0.25, 0.3) is 5.91 Å². The van der Waals surface area contributed by atoms with Crippen LogP contribution in [0.2, 0.25) is 0 Å². The Bertz CT molecular complexity index is 1540. The number of carbonyl (C=O) groups is 2. The summed E-state index contributed by atoms with van der Waals surface area (Å²) in [6.07, 6.45) is -7.76. The highest BCUT2D eigenvalue weighted by molar-refractivity contribution is 5.97. The molecular formula is C31H28F7N3O2. The van der Waals surface area contributed by atoms with Crippen molar-refractivity contribution in [3.8, 4) is 0 Å². The number of nitrogens with zero attached hydrogens (tertiary/aromatic N) is 2. The van der Waals surface area contributed by atoms with Crippen molar-refractivity contribution in [2.45, 2.75) is 38.7 Å². The van der Waals surface area contributed by atoms with Gasteiger partial charge in [0.1, 0.15) is 12.4 Å². The zero-order chi connectivity index (χ0) is 31.4. The summed E-state index contributed by atoms with van der Waals surface area (Å²) < 4.78 is 94.0. The lowest BCUT2D eigenvalue weighted by Gasteiger charge is -2.28. The van der Waals surface area contributed by atoms with Crippen LogP contribution in [0, 0.1) is 5.82 Å². The van der Waals surface area contributed by atoms with Crippen LogP contribution in [-0.2, 0) is 30.1 Å². The molecule has 0 radical (unpaired) electrons. The maximum absolute atomic E-state index is 13.6. The second kappa shape index (κ2) is 12.9. The van der Waals surface area contributed by atoms with Crippen LogP contribution in [0.3, 0.4) is 0 Å². The van der Waals surface area contributed by atoms with E-state index in [1.807, 2.05) is 30.5 Å². The van der Waals surface area contributed by atoms with Crippen LogP contribution in [-0.4, -0.2) is 46.2 Å². The van der Waals surface area contributed by atoms with E-state index in [4.69, 9.17) is 0 Å². The Kier molecular flexibility index (Phi) is 9.46. The molecule has 228 valence electrons. The zero-order valence-electron chi connectivity index (χ0n) is 23.0. The van der Waals surface area contributed by atoms with Crippen LogP contribution in [0.4, 0.5) is 30.7 Å². The molecule has 0 bridgehead atoms. The summed E-state index contributed by atoms with van der Waals surface area (Å²) in [5.41, 5.74) is -1.66. The quantitative estimate of drug-likeness (QED) is 0.190. The van der Waals surface area contributed by atoms with Crippen LogP contribution in [0.15, 0.2) is 72.9 Å². The van der Waals surface area contributed by atoms with E-state index >= 15 is 0 Å². The van der Waals surface area contributed by atoms with E-state index in [0.29, 0.717) is 24.1 Å². The number of aromatic nitrogens is 1. The van der Waals surface area contributed by atoms with Gasteiger partial charge in [-0.25, -0.2) is 4.39 Å². The van der Waals surface area contributed by atoms with E-state index in [1.165, 1.54) is 29.2 Å². The van der Waals surface area contributed by atoms with Gasteiger partial charge in [-0.15, -0.1) is 0 Å². The van der Waals surface area contributed by atoms with Gasteiger partial charge < -0.3 is 14.8 Å². The predicted octanol–water partition coefficient (Wildman–Crippen LogP) is 7.47. The molecule has 1 heterocycles. The smallest absolute Gasteiger partial charge is 0.361 e. The Morgan fingerprint density at radius 1 is 0.814 bits per heavy atom. The molecule has 0 aliphatic carbocycles. The van der Waals surface area contributed by atoms with E-state index in [-0.39, 0.29) is 32.1 Å². The van der Waals surface area contributed by atoms with Crippen LogP contribution in [0.25, 0.3) is 10.9 Å². The molecule has 0 saturated heterocycles. The number of aromatic amines is 1. The molecule has 1 aromatic heterocycles. The van der Waals surface area contributed by atoms with Crippen molar-refractivity contribution in [1.29, 1.82) is 0 Å². The number of H-pyrrole nitrogens is 1. The average Bonchev–Trinajstić information content (AvgIpc) is 3.37. The summed E-state index contributed by atoms with van der Waals surface area (Å²) in [6, 6.07) is 13.7. The molecule has 0 spiro atoms. The van der Waals surface area contributed by atoms with E-state index in [1.54, 1.807) is 6.92 Å². The summed E-state index contributed by atoms with van der Waals surface area (Å²) in [6.45, 7) is 1.20. The van der Waals surface area contributed by atoms with Crippen molar-refractivity contribution in [1.82, 2.24) is 14.8 Å². The average molecular weight is 608 g/mol. The number of hydrogen-bond acceptors (Lipinski definition) is 2. The van der Waals surface area contributed by atoms with Crippen molar-refractivity contribution >= 4 is 22.7 Å². The number of fused-ring (bicyclic) bond motifs is 1. The normalized spacial score (nSPS) is 12.0.